The molecule has 3 rings (SSSR count). The molecule has 1 heterocycles. The first-order valence-electron chi connectivity index (χ1n) is 7.94. The number of hydrogen-bond donors (Lipinski definition) is 2. The van der Waals surface area contributed by atoms with Crippen LogP contribution in [0.15, 0.2) is 36.5 Å². The molecule has 0 spiro atoms. The first-order valence-corrected chi connectivity index (χ1v) is 8.35. The summed E-state index contributed by atoms with van der Waals surface area (Å²) in [5.74, 6) is 2.17. The Balaban J connectivity index is 1.72. The molecule has 2 N–H and O–H groups in total. The topological polar surface area (TPSA) is 55.4 Å². The summed E-state index contributed by atoms with van der Waals surface area (Å²) in [6, 6.07) is 10.1. The van der Waals surface area contributed by atoms with E-state index in [0.717, 1.165) is 25.0 Å². The smallest absolute Gasteiger partial charge is 0.174 e. The van der Waals surface area contributed by atoms with Gasteiger partial charge in [0.15, 0.2) is 16.7 Å². The number of methoxy groups -OCH3 is 2. The largest absolute Gasteiger partial charge is 0.497 e. The molecular weight excluding hydrogens is 322 g/mol. The number of nitrogens with zero attached hydrogens (tertiary/aromatic N) is 1. The van der Waals surface area contributed by atoms with E-state index in [1.54, 1.807) is 20.4 Å². The molecule has 1 aromatic heterocycles. The average Bonchev–Trinajstić information content (AvgIpc) is 2.62. The van der Waals surface area contributed by atoms with Crippen LogP contribution in [-0.4, -0.2) is 24.3 Å². The Labute approximate surface area is 147 Å². The summed E-state index contributed by atoms with van der Waals surface area (Å²) in [7, 11) is 3.31. The number of rotatable bonds is 4. The minimum absolute atomic E-state index is 0.189. The summed E-state index contributed by atoms with van der Waals surface area (Å²) < 4.78 is 10.6. The number of hydrogen-bond acceptors (Lipinski definition) is 4. The molecule has 1 atom stereocenters. The zero-order valence-electron chi connectivity index (χ0n) is 13.8. The Kier molecular flexibility index (Phi) is 5.15. The van der Waals surface area contributed by atoms with E-state index in [4.69, 9.17) is 21.7 Å². The van der Waals surface area contributed by atoms with Crippen molar-refractivity contribution in [1.29, 1.82) is 0 Å². The van der Waals surface area contributed by atoms with Gasteiger partial charge in [-0.05, 0) is 66.9 Å². The molecule has 0 saturated heterocycles. The summed E-state index contributed by atoms with van der Waals surface area (Å²) in [6.45, 7) is 0. The lowest BCUT2D eigenvalue weighted by atomic mass is 9.87. The minimum atomic E-state index is 0.189. The van der Waals surface area contributed by atoms with Crippen LogP contribution >= 0.6 is 12.2 Å². The van der Waals surface area contributed by atoms with Gasteiger partial charge >= 0.3 is 0 Å². The molecule has 1 aliphatic rings. The SMILES string of the molecule is COc1ccc2c(c1)CCCC2NC(=S)Nc1ncccc1OC. The first kappa shape index (κ1) is 16.5. The normalized spacial score (nSPS) is 16.0. The molecule has 0 bridgehead atoms. The van der Waals surface area contributed by atoms with E-state index in [1.807, 2.05) is 18.2 Å². The Morgan fingerprint density at radius 1 is 1.25 bits per heavy atom. The van der Waals surface area contributed by atoms with Crippen molar-refractivity contribution in [3.05, 3.63) is 47.7 Å². The third kappa shape index (κ3) is 3.59. The fraction of sp³-hybridized carbons (Fsp3) is 0.333. The predicted octanol–water partition coefficient (Wildman–Crippen LogP) is 3.46. The Hall–Kier alpha value is -2.34. The second-order valence-electron chi connectivity index (χ2n) is 5.66. The summed E-state index contributed by atoms with van der Waals surface area (Å²) in [4.78, 5) is 4.27. The maximum Gasteiger partial charge on any atom is 0.174 e. The third-order valence-corrected chi connectivity index (χ3v) is 4.41. The fourth-order valence-electron chi connectivity index (χ4n) is 3.02. The number of aryl methyl sites for hydroxylation is 1. The van der Waals surface area contributed by atoms with Gasteiger partial charge in [0.25, 0.3) is 0 Å². The highest BCUT2D eigenvalue weighted by Gasteiger charge is 2.21. The zero-order valence-corrected chi connectivity index (χ0v) is 14.7. The van der Waals surface area contributed by atoms with E-state index in [9.17, 15) is 0 Å². The Bertz CT molecular complexity index is 736. The molecule has 1 aromatic carbocycles. The molecule has 5 nitrogen and oxygen atoms in total. The van der Waals surface area contributed by atoms with Gasteiger partial charge < -0.3 is 20.1 Å². The molecule has 0 fully saturated rings. The van der Waals surface area contributed by atoms with Crippen LogP contribution < -0.4 is 20.1 Å². The van der Waals surface area contributed by atoms with Crippen molar-refractivity contribution in [1.82, 2.24) is 10.3 Å². The number of anilines is 1. The van der Waals surface area contributed by atoms with Gasteiger partial charge in [-0.25, -0.2) is 4.98 Å². The van der Waals surface area contributed by atoms with Crippen molar-refractivity contribution in [2.24, 2.45) is 0 Å². The highest BCUT2D eigenvalue weighted by Crippen LogP contribution is 2.32. The molecular formula is C18H21N3O2S. The van der Waals surface area contributed by atoms with Gasteiger partial charge in [-0.3, -0.25) is 0 Å². The number of ether oxygens (including phenoxy) is 2. The van der Waals surface area contributed by atoms with E-state index >= 15 is 0 Å². The van der Waals surface area contributed by atoms with Gasteiger partial charge in [0.1, 0.15) is 5.75 Å². The molecule has 24 heavy (non-hydrogen) atoms. The monoisotopic (exact) mass is 343 g/mol. The number of nitrogens with one attached hydrogen (secondary N) is 2. The van der Waals surface area contributed by atoms with Crippen molar-refractivity contribution < 1.29 is 9.47 Å². The number of aromatic nitrogens is 1. The van der Waals surface area contributed by atoms with Crippen LogP contribution in [0.25, 0.3) is 0 Å². The van der Waals surface area contributed by atoms with Crippen molar-refractivity contribution in [2.45, 2.75) is 25.3 Å². The highest BCUT2D eigenvalue weighted by molar-refractivity contribution is 7.80. The minimum Gasteiger partial charge on any atom is -0.497 e. The molecule has 2 aromatic rings. The molecule has 0 amide bonds. The van der Waals surface area contributed by atoms with E-state index in [-0.39, 0.29) is 6.04 Å². The maximum absolute atomic E-state index is 5.46. The standard InChI is InChI=1S/C18H21N3O2S/c1-22-13-8-9-14-12(11-13)5-3-6-15(14)20-18(24)21-17-16(23-2)7-4-10-19-17/h4,7-11,15H,3,5-6H2,1-2H3,(H2,19,20,21,24). The molecule has 1 unspecified atom stereocenters. The van der Waals surface area contributed by atoms with Gasteiger partial charge in [0.2, 0.25) is 0 Å². The first-order chi connectivity index (χ1) is 11.7. The van der Waals surface area contributed by atoms with Crippen LogP contribution in [0.2, 0.25) is 0 Å². The number of thiocarbonyl (C=S) groups is 1. The summed E-state index contributed by atoms with van der Waals surface area (Å²) in [6.07, 6.45) is 4.93. The Morgan fingerprint density at radius 2 is 2.12 bits per heavy atom. The van der Waals surface area contributed by atoms with E-state index < -0.39 is 0 Å². The molecule has 0 saturated carbocycles. The quantitative estimate of drug-likeness (QED) is 0.829. The van der Waals surface area contributed by atoms with E-state index in [1.165, 1.54) is 11.1 Å². The highest BCUT2D eigenvalue weighted by atomic mass is 32.1. The predicted molar refractivity (Wildman–Crippen MR) is 98.8 cm³/mol. The van der Waals surface area contributed by atoms with Crippen LogP contribution in [0.5, 0.6) is 11.5 Å². The van der Waals surface area contributed by atoms with E-state index in [0.29, 0.717) is 16.7 Å². The van der Waals surface area contributed by atoms with Crippen molar-refractivity contribution in [3.63, 3.8) is 0 Å². The van der Waals surface area contributed by atoms with Crippen molar-refractivity contribution in [2.75, 3.05) is 19.5 Å². The van der Waals surface area contributed by atoms with Gasteiger partial charge in [-0.15, -0.1) is 0 Å². The fourth-order valence-corrected chi connectivity index (χ4v) is 3.26. The number of pyridine rings is 1. The van der Waals surface area contributed by atoms with Gasteiger partial charge in [0.05, 0.1) is 20.3 Å². The van der Waals surface area contributed by atoms with Gasteiger partial charge in [-0.1, -0.05) is 6.07 Å². The molecule has 0 radical (unpaired) electrons. The van der Waals surface area contributed by atoms with Crippen LogP contribution in [0.4, 0.5) is 5.82 Å². The van der Waals surface area contributed by atoms with Crippen LogP contribution in [-0.2, 0) is 6.42 Å². The second-order valence-corrected chi connectivity index (χ2v) is 6.07. The lowest BCUT2D eigenvalue weighted by Crippen LogP contribution is -2.34. The average molecular weight is 343 g/mol. The zero-order chi connectivity index (χ0) is 16.9. The summed E-state index contributed by atoms with van der Waals surface area (Å²) in [5, 5.41) is 7.06. The molecule has 1 aliphatic carbocycles. The number of fused-ring (bicyclic) bond motifs is 1. The lowest BCUT2D eigenvalue weighted by Gasteiger charge is -2.28. The molecule has 126 valence electrons. The summed E-state index contributed by atoms with van der Waals surface area (Å²) in [5.41, 5.74) is 2.59. The maximum atomic E-state index is 5.46. The second kappa shape index (κ2) is 7.49. The van der Waals surface area contributed by atoms with Crippen LogP contribution in [0.3, 0.4) is 0 Å². The van der Waals surface area contributed by atoms with Crippen molar-refractivity contribution >= 4 is 23.1 Å². The van der Waals surface area contributed by atoms with E-state index in [2.05, 4.69) is 27.8 Å². The van der Waals surface area contributed by atoms with Crippen LogP contribution in [0.1, 0.15) is 30.0 Å². The summed E-state index contributed by atoms with van der Waals surface area (Å²) >= 11 is 5.46. The van der Waals surface area contributed by atoms with Gasteiger partial charge in [0, 0.05) is 6.20 Å². The van der Waals surface area contributed by atoms with Crippen molar-refractivity contribution in [3.8, 4) is 11.5 Å². The molecule has 0 aliphatic heterocycles. The number of benzene rings is 1. The van der Waals surface area contributed by atoms with Gasteiger partial charge in [-0.2, -0.15) is 0 Å². The van der Waals surface area contributed by atoms with Crippen LogP contribution in [0, 0.1) is 0 Å². The lowest BCUT2D eigenvalue weighted by molar-refractivity contribution is 0.412. The molecule has 6 heteroatoms. The Morgan fingerprint density at radius 3 is 2.92 bits per heavy atom. The third-order valence-electron chi connectivity index (χ3n) is 4.19.